The minimum Gasteiger partial charge on any atom is -0.469 e. The maximum absolute atomic E-state index is 10.9. The van der Waals surface area contributed by atoms with Gasteiger partial charge in [0.1, 0.15) is 5.82 Å². The van der Waals surface area contributed by atoms with E-state index in [2.05, 4.69) is 9.72 Å². The van der Waals surface area contributed by atoms with Gasteiger partial charge in [-0.15, -0.1) is 0 Å². The number of nitrogens with two attached hydrogens (primary N) is 1. The topological polar surface area (TPSA) is 68.5 Å². The van der Waals surface area contributed by atoms with Crippen LogP contribution in [-0.2, 0) is 9.53 Å². The van der Waals surface area contributed by atoms with Gasteiger partial charge < -0.3 is 15.4 Å². The van der Waals surface area contributed by atoms with Gasteiger partial charge in [-0.3, -0.25) is 4.79 Å². The highest BCUT2D eigenvalue weighted by atomic mass is 16.5. The van der Waals surface area contributed by atoms with Gasteiger partial charge in [0.15, 0.2) is 0 Å². The van der Waals surface area contributed by atoms with Crippen LogP contribution in [-0.4, -0.2) is 31.7 Å². The van der Waals surface area contributed by atoms with Gasteiger partial charge in [0.2, 0.25) is 0 Å². The second-order valence-corrected chi connectivity index (χ2v) is 3.19. The predicted octanol–water partition coefficient (Wildman–Crippen LogP) is 0.663. The third kappa shape index (κ3) is 3.46. The molecular formula is C10H15N3O2. The van der Waals surface area contributed by atoms with Gasteiger partial charge in [0.05, 0.1) is 13.5 Å². The molecule has 0 saturated carbocycles. The second kappa shape index (κ2) is 5.19. The largest absolute Gasteiger partial charge is 0.469 e. The zero-order valence-electron chi connectivity index (χ0n) is 8.93. The zero-order chi connectivity index (χ0) is 11.3. The first kappa shape index (κ1) is 11.3. The van der Waals surface area contributed by atoms with Gasteiger partial charge in [-0.2, -0.15) is 0 Å². The molecule has 0 amide bonds. The Kier molecular flexibility index (Phi) is 3.91. The van der Waals surface area contributed by atoms with E-state index in [-0.39, 0.29) is 5.97 Å². The fourth-order valence-corrected chi connectivity index (χ4v) is 1.16. The summed E-state index contributed by atoms with van der Waals surface area (Å²) in [5.41, 5.74) is 6.49. The molecule has 1 aromatic heterocycles. The van der Waals surface area contributed by atoms with Crippen molar-refractivity contribution in [3.63, 3.8) is 0 Å². The van der Waals surface area contributed by atoms with Crippen molar-refractivity contribution in [2.45, 2.75) is 6.42 Å². The first-order chi connectivity index (χ1) is 7.13. The molecule has 0 aliphatic rings. The summed E-state index contributed by atoms with van der Waals surface area (Å²) in [6, 6.07) is 3.60. The van der Waals surface area contributed by atoms with Crippen molar-refractivity contribution in [1.82, 2.24) is 4.98 Å². The van der Waals surface area contributed by atoms with E-state index in [1.807, 2.05) is 18.0 Å². The van der Waals surface area contributed by atoms with E-state index in [1.165, 1.54) is 7.11 Å². The number of hydrogen-bond donors (Lipinski definition) is 1. The van der Waals surface area contributed by atoms with Crippen LogP contribution in [0.15, 0.2) is 18.3 Å². The normalized spacial score (nSPS) is 9.73. The van der Waals surface area contributed by atoms with Gasteiger partial charge in [-0.05, 0) is 6.07 Å². The van der Waals surface area contributed by atoms with Crippen LogP contribution in [0.4, 0.5) is 11.5 Å². The lowest BCUT2D eigenvalue weighted by molar-refractivity contribution is -0.140. The van der Waals surface area contributed by atoms with E-state index < -0.39 is 0 Å². The first-order valence-electron chi connectivity index (χ1n) is 4.63. The molecule has 0 radical (unpaired) electrons. The summed E-state index contributed by atoms with van der Waals surface area (Å²) < 4.78 is 4.56. The highest BCUT2D eigenvalue weighted by Gasteiger charge is 2.05. The average molecular weight is 209 g/mol. The molecule has 0 aliphatic heterocycles. The Morgan fingerprint density at radius 3 is 3.00 bits per heavy atom. The lowest BCUT2D eigenvalue weighted by Gasteiger charge is -2.18. The Morgan fingerprint density at radius 2 is 2.40 bits per heavy atom. The SMILES string of the molecule is COC(=O)CCN(C)c1ccnc(N)c1. The molecule has 5 nitrogen and oxygen atoms in total. The van der Waals surface area contributed by atoms with Crippen molar-refractivity contribution in [3.8, 4) is 0 Å². The molecule has 0 unspecified atom stereocenters. The maximum Gasteiger partial charge on any atom is 0.307 e. The van der Waals surface area contributed by atoms with Crippen LogP contribution >= 0.6 is 0 Å². The van der Waals surface area contributed by atoms with Crippen molar-refractivity contribution >= 4 is 17.5 Å². The van der Waals surface area contributed by atoms with Gasteiger partial charge in [-0.1, -0.05) is 0 Å². The lowest BCUT2D eigenvalue weighted by Crippen LogP contribution is -2.21. The van der Waals surface area contributed by atoms with Crippen molar-refractivity contribution in [2.75, 3.05) is 31.3 Å². The van der Waals surface area contributed by atoms with E-state index in [1.54, 1.807) is 12.3 Å². The van der Waals surface area contributed by atoms with Gasteiger partial charge in [0, 0.05) is 31.5 Å². The summed E-state index contributed by atoms with van der Waals surface area (Å²) in [6.45, 7) is 0.593. The molecule has 1 rings (SSSR count). The quantitative estimate of drug-likeness (QED) is 0.738. The van der Waals surface area contributed by atoms with Crippen LogP contribution in [0.2, 0.25) is 0 Å². The van der Waals surface area contributed by atoms with E-state index in [0.29, 0.717) is 18.8 Å². The monoisotopic (exact) mass is 209 g/mol. The fraction of sp³-hybridized carbons (Fsp3) is 0.400. The third-order valence-electron chi connectivity index (χ3n) is 2.08. The molecule has 2 N–H and O–H groups in total. The van der Waals surface area contributed by atoms with Gasteiger partial charge in [-0.25, -0.2) is 4.98 Å². The van der Waals surface area contributed by atoms with Crippen LogP contribution in [0.25, 0.3) is 0 Å². The highest BCUT2D eigenvalue weighted by molar-refractivity contribution is 5.70. The summed E-state index contributed by atoms with van der Waals surface area (Å²) in [6.07, 6.45) is 1.99. The van der Waals surface area contributed by atoms with Crippen LogP contribution < -0.4 is 10.6 Å². The average Bonchev–Trinajstić information content (AvgIpc) is 2.25. The number of aromatic nitrogens is 1. The number of carbonyl (C=O) groups is 1. The Hall–Kier alpha value is -1.78. The number of rotatable bonds is 4. The Balaban J connectivity index is 2.53. The Labute approximate surface area is 88.9 Å². The van der Waals surface area contributed by atoms with Crippen LogP contribution in [0.5, 0.6) is 0 Å². The molecule has 0 atom stereocenters. The minimum atomic E-state index is -0.219. The molecule has 1 heterocycles. The van der Waals surface area contributed by atoms with Crippen LogP contribution in [0, 0.1) is 0 Å². The van der Waals surface area contributed by atoms with Crippen molar-refractivity contribution in [3.05, 3.63) is 18.3 Å². The molecular weight excluding hydrogens is 194 g/mol. The highest BCUT2D eigenvalue weighted by Crippen LogP contribution is 2.13. The Bertz CT molecular complexity index is 341. The van der Waals surface area contributed by atoms with Crippen molar-refractivity contribution < 1.29 is 9.53 Å². The summed E-state index contributed by atoms with van der Waals surface area (Å²) in [7, 11) is 3.27. The Morgan fingerprint density at radius 1 is 1.67 bits per heavy atom. The zero-order valence-corrected chi connectivity index (χ0v) is 8.93. The van der Waals surface area contributed by atoms with Gasteiger partial charge >= 0.3 is 5.97 Å². The summed E-state index contributed by atoms with van der Waals surface area (Å²) in [5, 5.41) is 0. The third-order valence-corrected chi connectivity index (χ3v) is 2.08. The van der Waals surface area contributed by atoms with E-state index in [0.717, 1.165) is 5.69 Å². The number of pyridine rings is 1. The molecule has 1 aromatic rings. The predicted molar refractivity (Wildman–Crippen MR) is 58.6 cm³/mol. The van der Waals surface area contributed by atoms with Gasteiger partial charge in [0.25, 0.3) is 0 Å². The molecule has 0 aromatic carbocycles. The minimum absolute atomic E-state index is 0.219. The smallest absolute Gasteiger partial charge is 0.307 e. The molecule has 0 fully saturated rings. The summed E-state index contributed by atoms with van der Waals surface area (Å²) in [4.78, 5) is 16.7. The number of methoxy groups -OCH3 is 1. The number of nitrogen functional groups attached to an aromatic ring is 1. The number of nitrogens with zero attached hydrogens (tertiary/aromatic N) is 2. The fourth-order valence-electron chi connectivity index (χ4n) is 1.16. The molecule has 0 bridgehead atoms. The number of anilines is 2. The van der Waals surface area contributed by atoms with Crippen molar-refractivity contribution in [2.24, 2.45) is 0 Å². The lowest BCUT2D eigenvalue weighted by atomic mass is 10.3. The van der Waals surface area contributed by atoms with Crippen LogP contribution in [0.1, 0.15) is 6.42 Å². The second-order valence-electron chi connectivity index (χ2n) is 3.19. The number of ether oxygens (including phenoxy) is 1. The number of esters is 1. The molecule has 0 spiro atoms. The molecule has 0 saturated heterocycles. The summed E-state index contributed by atoms with van der Waals surface area (Å²) >= 11 is 0. The first-order valence-corrected chi connectivity index (χ1v) is 4.63. The molecule has 15 heavy (non-hydrogen) atoms. The van der Waals surface area contributed by atoms with E-state index in [4.69, 9.17) is 5.73 Å². The standard InChI is InChI=1S/C10H15N3O2/c1-13(6-4-10(14)15-2)8-3-5-12-9(11)7-8/h3,5,7H,4,6H2,1-2H3,(H2,11,12). The molecule has 82 valence electrons. The summed E-state index contributed by atoms with van der Waals surface area (Å²) in [5.74, 6) is 0.251. The molecule has 5 heteroatoms. The van der Waals surface area contributed by atoms with Crippen molar-refractivity contribution in [1.29, 1.82) is 0 Å². The van der Waals surface area contributed by atoms with Crippen LogP contribution in [0.3, 0.4) is 0 Å². The van der Waals surface area contributed by atoms with E-state index in [9.17, 15) is 4.79 Å². The molecule has 0 aliphatic carbocycles. The van der Waals surface area contributed by atoms with E-state index >= 15 is 0 Å². The maximum atomic E-state index is 10.9. The number of hydrogen-bond acceptors (Lipinski definition) is 5. The number of carbonyl (C=O) groups excluding carboxylic acids is 1.